The Kier molecular flexibility index (Phi) is 7.01. The molecule has 1 aromatic carbocycles. The van der Waals surface area contributed by atoms with Crippen LogP contribution in [0, 0.1) is 11.3 Å². The van der Waals surface area contributed by atoms with Gasteiger partial charge in [0.05, 0.1) is 0 Å². The lowest BCUT2D eigenvalue weighted by molar-refractivity contribution is 0.0889. The van der Waals surface area contributed by atoms with E-state index in [2.05, 4.69) is 34.0 Å². The number of aromatic nitrogens is 2. The van der Waals surface area contributed by atoms with E-state index in [1.807, 2.05) is 30.3 Å². The lowest BCUT2D eigenvalue weighted by Crippen LogP contribution is -2.39. The van der Waals surface area contributed by atoms with Gasteiger partial charge in [-0.1, -0.05) is 0 Å². The summed E-state index contributed by atoms with van der Waals surface area (Å²) < 4.78 is 5.86. The molecule has 1 aliphatic rings. The van der Waals surface area contributed by atoms with Gasteiger partial charge in [-0.3, -0.25) is 4.79 Å². The van der Waals surface area contributed by atoms with Crippen molar-refractivity contribution in [1.82, 2.24) is 15.3 Å². The Hall–Kier alpha value is -3.14. The molecule has 29 heavy (non-hydrogen) atoms. The van der Waals surface area contributed by atoms with Crippen molar-refractivity contribution in [3.05, 3.63) is 47.9 Å². The predicted octanol–water partition coefficient (Wildman–Crippen LogP) is 3.31. The first kappa shape index (κ1) is 20.6. The Morgan fingerprint density at radius 2 is 1.79 bits per heavy atom. The van der Waals surface area contributed by atoms with E-state index < -0.39 is 0 Å². The molecule has 1 heterocycles. The monoisotopic (exact) mass is 393 g/mol. The largest absolute Gasteiger partial charge is 0.472 e. The summed E-state index contributed by atoms with van der Waals surface area (Å²) in [7, 11) is 0. The summed E-state index contributed by atoms with van der Waals surface area (Å²) in [6.45, 7) is 6.13. The van der Waals surface area contributed by atoms with Crippen molar-refractivity contribution >= 4 is 11.6 Å². The number of ether oxygens (including phenoxy) is 1. The van der Waals surface area contributed by atoms with Gasteiger partial charge in [-0.25, -0.2) is 9.97 Å². The molecule has 152 valence electrons. The van der Waals surface area contributed by atoms with Crippen molar-refractivity contribution in [3.8, 4) is 11.9 Å². The van der Waals surface area contributed by atoms with Crippen molar-refractivity contribution in [2.24, 2.45) is 0 Å². The molecular formula is C22H27N5O2. The van der Waals surface area contributed by atoms with Gasteiger partial charge in [0.15, 0.2) is 0 Å². The van der Waals surface area contributed by atoms with E-state index in [-0.39, 0.29) is 29.6 Å². The van der Waals surface area contributed by atoms with Gasteiger partial charge in [-0.15, -0.1) is 0 Å². The number of rotatable bonds is 7. The van der Waals surface area contributed by atoms with Crippen molar-refractivity contribution in [3.63, 3.8) is 0 Å². The average Bonchev–Trinajstić information content (AvgIpc) is 2.77. The van der Waals surface area contributed by atoms with Crippen LogP contribution in [0.2, 0.25) is 0 Å². The van der Waals surface area contributed by atoms with Gasteiger partial charge < -0.3 is 15.0 Å². The van der Waals surface area contributed by atoms with Crippen LogP contribution in [0.15, 0.2) is 36.7 Å². The van der Waals surface area contributed by atoms with Crippen LogP contribution in [0.25, 0.3) is 0 Å². The molecule has 1 saturated carbocycles. The second-order valence-electron chi connectivity index (χ2n) is 7.11. The Balaban J connectivity index is 1.50. The molecule has 0 atom stereocenters. The van der Waals surface area contributed by atoms with E-state index in [1.54, 1.807) is 0 Å². The Morgan fingerprint density at radius 1 is 1.14 bits per heavy atom. The van der Waals surface area contributed by atoms with Crippen LogP contribution >= 0.6 is 0 Å². The summed E-state index contributed by atoms with van der Waals surface area (Å²) in [6.07, 6.45) is 6.24. The summed E-state index contributed by atoms with van der Waals surface area (Å²) in [5, 5.41) is 12.2. The number of hydrogen-bond donors (Lipinski definition) is 1. The van der Waals surface area contributed by atoms with Crippen LogP contribution < -0.4 is 15.0 Å². The molecule has 7 nitrogen and oxygen atoms in total. The number of nitrogens with zero attached hydrogens (tertiary/aromatic N) is 4. The SMILES string of the molecule is CCN(CC)c1ccc(C(=O)NC2CCC(Oc3nccnc3C#N)CC2)cc1. The molecular weight excluding hydrogens is 366 g/mol. The van der Waals surface area contributed by atoms with E-state index in [9.17, 15) is 4.79 Å². The zero-order valence-corrected chi connectivity index (χ0v) is 17.0. The Labute approximate surface area is 171 Å². The highest BCUT2D eigenvalue weighted by molar-refractivity contribution is 5.94. The van der Waals surface area contributed by atoms with Crippen LogP contribution in [0.4, 0.5) is 5.69 Å². The third kappa shape index (κ3) is 5.23. The lowest BCUT2D eigenvalue weighted by atomic mass is 9.92. The average molecular weight is 393 g/mol. The molecule has 1 fully saturated rings. The van der Waals surface area contributed by atoms with E-state index in [1.165, 1.54) is 12.4 Å². The molecule has 0 spiro atoms. The molecule has 3 rings (SSSR count). The number of carbonyl (C=O) groups is 1. The third-order valence-corrected chi connectivity index (χ3v) is 5.32. The summed E-state index contributed by atoms with van der Waals surface area (Å²) >= 11 is 0. The molecule has 7 heteroatoms. The quantitative estimate of drug-likeness (QED) is 0.776. The lowest BCUT2D eigenvalue weighted by Gasteiger charge is -2.29. The van der Waals surface area contributed by atoms with Gasteiger partial charge >= 0.3 is 0 Å². The molecule has 2 aromatic rings. The van der Waals surface area contributed by atoms with E-state index >= 15 is 0 Å². The maximum absolute atomic E-state index is 12.6. The molecule has 1 N–H and O–H groups in total. The first-order valence-electron chi connectivity index (χ1n) is 10.2. The van der Waals surface area contributed by atoms with E-state index in [4.69, 9.17) is 10.00 Å². The summed E-state index contributed by atoms with van der Waals surface area (Å²) in [5.74, 6) is 0.247. The number of anilines is 1. The van der Waals surface area contributed by atoms with Crippen molar-refractivity contribution in [2.75, 3.05) is 18.0 Å². The number of carbonyl (C=O) groups excluding carboxylic acids is 1. The van der Waals surface area contributed by atoms with E-state index in [0.29, 0.717) is 5.56 Å². The van der Waals surface area contributed by atoms with Gasteiger partial charge in [0.1, 0.15) is 12.2 Å². The van der Waals surface area contributed by atoms with Gasteiger partial charge in [0.2, 0.25) is 5.69 Å². The van der Waals surface area contributed by atoms with Gasteiger partial charge in [-0.2, -0.15) is 5.26 Å². The molecule has 0 bridgehead atoms. The number of amides is 1. The minimum absolute atomic E-state index is 0.0136. The molecule has 0 unspecified atom stereocenters. The molecule has 0 aliphatic heterocycles. The highest BCUT2D eigenvalue weighted by atomic mass is 16.5. The van der Waals surface area contributed by atoms with Crippen LogP contribution in [-0.4, -0.2) is 41.1 Å². The number of hydrogen-bond acceptors (Lipinski definition) is 6. The van der Waals surface area contributed by atoms with Crippen LogP contribution in [-0.2, 0) is 0 Å². The first-order chi connectivity index (χ1) is 14.1. The van der Waals surface area contributed by atoms with Crippen molar-refractivity contribution < 1.29 is 9.53 Å². The zero-order valence-electron chi connectivity index (χ0n) is 17.0. The zero-order chi connectivity index (χ0) is 20.6. The topological polar surface area (TPSA) is 91.1 Å². The summed E-state index contributed by atoms with van der Waals surface area (Å²) in [4.78, 5) is 22.9. The highest BCUT2D eigenvalue weighted by Gasteiger charge is 2.25. The number of benzene rings is 1. The van der Waals surface area contributed by atoms with Crippen LogP contribution in [0.5, 0.6) is 5.88 Å². The molecule has 1 aromatic heterocycles. The summed E-state index contributed by atoms with van der Waals surface area (Å²) in [6, 6.07) is 9.89. The fourth-order valence-electron chi connectivity index (χ4n) is 3.65. The first-order valence-corrected chi connectivity index (χ1v) is 10.2. The fraction of sp³-hybridized carbons (Fsp3) is 0.455. The summed E-state index contributed by atoms with van der Waals surface area (Å²) in [5.41, 5.74) is 2.01. The second kappa shape index (κ2) is 9.87. The minimum Gasteiger partial charge on any atom is -0.472 e. The molecule has 1 amide bonds. The second-order valence-corrected chi connectivity index (χ2v) is 7.11. The minimum atomic E-state index is -0.0406. The number of nitriles is 1. The normalized spacial score (nSPS) is 18.5. The van der Waals surface area contributed by atoms with Gasteiger partial charge in [0.25, 0.3) is 11.8 Å². The predicted molar refractivity (Wildman–Crippen MR) is 111 cm³/mol. The maximum atomic E-state index is 12.6. The van der Waals surface area contributed by atoms with Crippen molar-refractivity contribution in [1.29, 1.82) is 5.26 Å². The third-order valence-electron chi connectivity index (χ3n) is 5.32. The van der Waals surface area contributed by atoms with Gasteiger partial charge in [0, 0.05) is 42.8 Å². The smallest absolute Gasteiger partial charge is 0.251 e. The van der Waals surface area contributed by atoms with E-state index in [0.717, 1.165) is 44.5 Å². The van der Waals surface area contributed by atoms with Crippen molar-refractivity contribution in [2.45, 2.75) is 51.7 Å². The van der Waals surface area contributed by atoms with Crippen LogP contribution in [0.1, 0.15) is 55.6 Å². The Morgan fingerprint density at radius 3 is 2.41 bits per heavy atom. The highest BCUT2D eigenvalue weighted by Crippen LogP contribution is 2.24. The maximum Gasteiger partial charge on any atom is 0.251 e. The molecule has 0 radical (unpaired) electrons. The number of nitrogens with one attached hydrogen (secondary N) is 1. The molecule has 1 aliphatic carbocycles. The fourth-order valence-corrected chi connectivity index (χ4v) is 3.65. The molecule has 0 saturated heterocycles. The standard InChI is InChI=1S/C22H27N5O2/c1-3-27(4-2)18-9-5-16(6-10-18)21(28)26-17-7-11-19(12-8-17)29-22-20(15-23)24-13-14-25-22/h5-6,9-10,13-14,17,19H,3-4,7-8,11-12H2,1-2H3,(H,26,28). The Bertz CT molecular complexity index is 850. The van der Waals surface area contributed by atoms with Crippen LogP contribution in [0.3, 0.4) is 0 Å². The van der Waals surface area contributed by atoms with Gasteiger partial charge in [-0.05, 0) is 63.8 Å².